The fourth-order valence-corrected chi connectivity index (χ4v) is 2.01. The SMILES string of the molecule is Cc1[nH]cc(NC(=O)Cc2ccc(Cl)cc2)c1C(=O)O. The molecule has 1 amide bonds. The molecule has 2 aromatic rings. The smallest absolute Gasteiger partial charge is 0.339 e. The van der Waals surface area contributed by atoms with Crippen LogP contribution >= 0.6 is 11.6 Å². The fraction of sp³-hybridized carbons (Fsp3) is 0.143. The number of amides is 1. The van der Waals surface area contributed by atoms with Crippen LogP contribution in [0.25, 0.3) is 0 Å². The van der Waals surface area contributed by atoms with Gasteiger partial charge in [0, 0.05) is 16.9 Å². The largest absolute Gasteiger partial charge is 0.478 e. The summed E-state index contributed by atoms with van der Waals surface area (Å²) in [6.07, 6.45) is 1.62. The first-order chi connectivity index (χ1) is 9.47. The summed E-state index contributed by atoms with van der Waals surface area (Å²) >= 11 is 5.77. The molecule has 104 valence electrons. The molecule has 0 aliphatic heterocycles. The van der Waals surface area contributed by atoms with Crippen molar-refractivity contribution in [3.63, 3.8) is 0 Å². The number of H-pyrrole nitrogens is 1. The van der Waals surface area contributed by atoms with Crippen molar-refractivity contribution in [2.24, 2.45) is 0 Å². The minimum atomic E-state index is -1.08. The van der Waals surface area contributed by atoms with Crippen LogP contribution in [0.1, 0.15) is 21.6 Å². The number of carbonyl (C=O) groups excluding carboxylic acids is 1. The Labute approximate surface area is 120 Å². The Morgan fingerprint density at radius 1 is 1.30 bits per heavy atom. The number of carboxylic acids is 1. The molecular weight excluding hydrogens is 280 g/mol. The molecule has 6 heteroatoms. The number of aromatic nitrogens is 1. The lowest BCUT2D eigenvalue weighted by molar-refractivity contribution is -0.115. The number of nitrogens with one attached hydrogen (secondary N) is 2. The second-order valence-corrected chi connectivity index (χ2v) is 4.80. The summed E-state index contributed by atoms with van der Waals surface area (Å²) in [7, 11) is 0. The van der Waals surface area contributed by atoms with Gasteiger partial charge in [0.1, 0.15) is 5.56 Å². The van der Waals surface area contributed by atoms with Crippen LogP contribution in [0.15, 0.2) is 30.5 Å². The number of rotatable bonds is 4. The molecule has 2 rings (SSSR count). The van der Waals surface area contributed by atoms with Gasteiger partial charge in [0.05, 0.1) is 12.1 Å². The number of carbonyl (C=O) groups is 2. The zero-order valence-corrected chi connectivity index (χ0v) is 11.5. The highest BCUT2D eigenvalue weighted by molar-refractivity contribution is 6.30. The minimum Gasteiger partial charge on any atom is -0.478 e. The molecule has 0 aliphatic carbocycles. The lowest BCUT2D eigenvalue weighted by Crippen LogP contribution is -2.16. The molecule has 20 heavy (non-hydrogen) atoms. The van der Waals surface area contributed by atoms with Gasteiger partial charge in [-0.2, -0.15) is 0 Å². The molecule has 1 aromatic heterocycles. The van der Waals surface area contributed by atoms with E-state index in [1.807, 2.05) is 0 Å². The summed E-state index contributed by atoms with van der Waals surface area (Å²) in [5, 5.41) is 12.3. The third-order valence-electron chi connectivity index (χ3n) is 2.84. The molecule has 1 aromatic carbocycles. The van der Waals surface area contributed by atoms with Crippen LogP contribution in [0, 0.1) is 6.92 Å². The van der Waals surface area contributed by atoms with Gasteiger partial charge in [0.25, 0.3) is 0 Å². The lowest BCUT2D eigenvalue weighted by Gasteiger charge is -2.05. The van der Waals surface area contributed by atoms with Crippen molar-refractivity contribution in [3.05, 3.63) is 52.3 Å². The maximum Gasteiger partial charge on any atom is 0.339 e. The van der Waals surface area contributed by atoms with Crippen molar-refractivity contribution in [2.75, 3.05) is 5.32 Å². The number of halogens is 1. The monoisotopic (exact) mass is 292 g/mol. The number of hydrogen-bond acceptors (Lipinski definition) is 2. The zero-order valence-electron chi connectivity index (χ0n) is 10.7. The topological polar surface area (TPSA) is 82.2 Å². The highest BCUT2D eigenvalue weighted by Crippen LogP contribution is 2.19. The molecule has 0 unspecified atom stereocenters. The van der Waals surface area contributed by atoms with Crippen LogP contribution < -0.4 is 5.32 Å². The molecule has 5 nitrogen and oxygen atoms in total. The van der Waals surface area contributed by atoms with Crippen LogP contribution in [0.4, 0.5) is 5.69 Å². The molecule has 1 heterocycles. The number of aromatic amines is 1. The van der Waals surface area contributed by atoms with Crippen molar-refractivity contribution in [3.8, 4) is 0 Å². The maximum absolute atomic E-state index is 11.9. The Kier molecular flexibility index (Phi) is 4.10. The first kappa shape index (κ1) is 14.1. The van der Waals surface area contributed by atoms with Gasteiger partial charge in [-0.3, -0.25) is 4.79 Å². The number of aryl methyl sites for hydroxylation is 1. The van der Waals surface area contributed by atoms with Crippen LogP contribution in [0.2, 0.25) is 5.02 Å². The summed E-state index contributed by atoms with van der Waals surface area (Å²) in [6, 6.07) is 6.91. The van der Waals surface area contributed by atoms with E-state index in [1.165, 1.54) is 6.20 Å². The van der Waals surface area contributed by atoms with Gasteiger partial charge in [-0.15, -0.1) is 0 Å². The molecule has 0 saturated carbocycles. The van der Waals surface area contributed by atoms with E-state index in [0.717, 1.165) is 5.56 Å². The van der Waals surface area contributed by atoms with Crippen LogP contribution in [0.3, 0.4) is 0 Å². The van der Waals surface area contributed by atoms with Gasteiger partial charge in [-0.05, 0) is 24.6 Å². The van der Waals surface area contributed by atoms with Gasteiger partial charge in [-0.25, -0.2) is 4.79 Å². The van der Waals surface area contributed by atoms with Crippen molar-refractivity contribution >= 4 is 29.2 Å². The highest BCUT2D eigenvalue weighted by atomic mass is 35.5. The molecule has 0 saturated heterocycles. The number of benzene rings is 1. The third-order valence-corrected chi connectivity index (χ3v) is 3.10. The Hall–Kier alpha value is -2.27. The van der Waals surface area contributed by atoms with Crippen molar-refractivity contribution in [1.82, 2.24) is 4.98 Å². The van der Waals surface area contributed by atoms with E-state index in [0.29, 0.717) is 10.7 Å². The van der Waals surface area contributed by atoms with Crippen LogP contribution in [-0.2, 0) is 11.2 Å². The summed E-state index contributed by atoms with van der Waals surface area (Å²) in [6.45, 7) is 1.64. The van der Waals surface area contributed by atoms with Crippen molar-refractivity contribution < 1.29 is 14.7 Å². The normalized spacial score (nSPS) is 10.3. The number of anilines is 1. The maximum atomic E-state index is 11.9. The van der Waals surface area contributed by atoms with E-state index in [1.54, 1.807) is 31.2 Å². The minimum absolute atomic E-state index is 0.0782. The summed E-state index contributed by atoms with van der Waals surface area (Å²) in [4.78, 5) is 25.8. The average Bonchev–Trinajstić information content (AvgIpc) is 2.73. The number of hydrogen-bond donors (Lipinski definition) is 3. The standard InChI is InChI=1S/C14H13ClN2O3/c1-8-13(14(19)20)11(7-16-8)17-12(18)6-9-2-4-10(15)5-3-9/h2-5,7,16H,6H2,1H3,(H,17,18)(H,19,20). The van der Waals surface area contributed by atoms with E-state index in [-0.39, 0.29) is 23.6 Å². The fourth-order valence-electron chi connectivity index (χ4n) is 1.88. The number of aromatic carboxylic acids is 1. The molecule has 0 aliphatic rings. The van der Waals surface area contributed by atoms with Gasteiger partial charge < -0.3 is 15.4 Å². The molecule has 0 radical (unpaired) electrons. The summed E-state index contributed by atoms with van der Waals surface area (Å²) < 4.78 is 0. The predicted octanol–water partition coefficient (Wildman–Crippen LogP) is 2.86. The summed E-state index contributed by atoms with van der Waals surface area (Å²) in [5.41, 5.74) is 1.65. The first-order valence-electron chi connectivity index (χ1n) is 5.93. The Balaban J connectivity index is 2.09. The second kappa shape index (κ2) is 5.79. The second-order valence-electron chi connectivity index (χ2n) is 4.36. The predicted molar refractivity (Wildman–Crippen MR) is 76.3 cm³/mol. The Morgan fingerprint density at radius 3 is 2.55 bits per heavy atom. The third kappa shape index (κ3) is 3.19. The van der Waals surface area contributed by atoms with E-state index in [4.69, 9.17) is 16.7 Å². The van der Waals surface area contributed by atoms with Crippen molar-refractivity contribution in [2.45, 2.75) is 13.3 Å². The molecule has 0 atom stereocenters. The average molecular weight is 293 g/mol. The lowest BCUT2D eigenvalue weighted by atomic mass is 10.1. The zero-order chi connectivity index (χ0) is 14.7. The van der Waals surface area contributed by atoms with E-state index < -0.39 is 5.97 Å². The van der Waals surface area contributed by atoms with Crippen LogP contribution in [0.5, 0.6) is 0 Å². The highest BCUT2D eigenvalue weighted by Gasteiger charge is 2.17. The molecule has 3 N–H and O–H groups in total. The van der Waals surface area contributed by atoms with Gasteiger partial charge >= 0.3 is 5.97 Å². The van der Waals surface area contributed by atoms with E-state index >= 15 is 0 Å². The molecule has 0 bridgehead atoms. The van der Waals surface area contributed by atoms with E-state index in [2.05, 4.69) is 10.3 Å². The quantitative estimate of drug-likeness (QED) is 0.810. The van der Waals surface area contributed by atoms with Gasteiger partial charge in [-0.1, -0.05) is 23.7 Å². The molecular formula is C14H13ClN2O3. The van der Waals surface area contributed by atoms with E-state index in [9.17, 15) is 9.59 Å². The number of carboxylic acid groups (broad SMARTS) is 1. The van der Waals surface area contributed by atoms with Gasteiger partial charge in [0.2, 0.25) is 5.91 Å². The van der Waals surface area contributed by atoms with Gasteiger partial charge in [0.15, 0.2) is 0 Å². The Bertz CT molecular complexity index is 647. The Morgan fingerprint density at radius 2 is 1.95 bits per heavy atom. The molecule has 0 fully saturated rings. The summed E-state index contributed by atoms with van der Waals surface area (Å²) in [5.74, 6) is -1.36. The van der Waals surface area contributed by atoms with Crippen molar-refractivity contribution in [1.29, 1.82) is 0 Å². The first-order valence-corrected chi connectivity index (χ1v) is 6.30. The molecule has 0 spiro atoms. The van der Waals surface area contributed by atoms with Crippen LogP contribution in [-0.4, -0.2) is 22.0 Å².